The third-order valence-electron chi connectivity index (χ3n) is 6.15. The van der Waals surface area contributed by atoms with Gasteiger partial charge in [-0.3, -0.25) is 9.36 Å². The quantitative estimate of drug-likeness (QED) is 0.237. The number of carbonyl (C=O) groups excluding carboxylic acids is 1. The highest BCUT2D eigenvalue weighted by Gasteiger charge is 2.35. The van der Waals surface area contributed by atoms with Crippen LogP contribution in [0.4, 0.5) is 0 Å². The maximum absolute atomic E-state index is 14.0. The highest BCUT2D eigenvalue weighted by molar-refractivity contribution is 14.1. The van der Waals surface area contributed by atoms with Gasteiger partial charge in [0.15, 0.2) is 34.4 Å². The molecule has 0 aliphatic carbocycles. The molecule has 0 unspecified atom stereocenters. The molecule has 13 heteroatoms. The van der Waals surface area contributed by atoms with E-state index in [1.54, 1.807) is 38.1 Å². The summed E-state index contributed by atoms with van der Waals surface area (Å²) < 4.78 is 30.6. The third kappa shape index (κ3) is 6.00. The van der Waals surface area contributed by atoms with Gasteiger partial charge in [-0.2, -0.15) is 5.26 Å². The molecule has 41 heavy (non-hydrogen) atoms. The van der Waals surface area contributed by atoms with Gasteiger partial charge in [0.2, 0.25) is 0 Å². The Labute approximate surface area is 261 Å². The van der Waals surface area contributed by atoms with E-state index in [-0.39, 0.29) is 24.3 Å². The molecule has 0 saturated carbocycles. The Morgan fingerprint density at radius 3 is 2.49 bits per heavy atom. The number of hydrogen-bond acceptors (Lipinski definition) is 10. The largest absolute Gasteiger partial charge is 0.493 e. The fourth-order valence-corrected chi connectivity index (χ4v) is 6.75. The van der Waals surface area contributed by atoms with Crippen LogP contribution >= 0.6 is 49.9 Å². The minimum Gasteiger partial charge on any atom is -0.493 e. The van der Waals surface area contributed by atoms with Crippen LogP contribution in [-0.4, -0.2) is 45.1 Å². The van der Waals surface area contributed by atoms with Crippen molar-refractivity contribution in [2.24, 2.45) is 4.99 Å². The van der Waals surface area contributed by atoms with Crippen molar-refractivity contribution in [3.63, 3.8) is 0 Å². The standard InChI is InChI=1S/C28H25BrIN3O7S/c1-6-39-27(35)23-14(2)32-28-33(24(23)16-12-19(36-3)20(37-4)13-17(16)29)26(34)22(41-28)11-15-9-18(30)25(40-8-7-31)21(10-15)38-5/h9-13,24H,6,8H2,1-5H3/b22-11-/t24-/m1/s1. The lowest BCUT2D eigenvalue weighted by Crippen LogP contribution is -2.40. The summed E-state index contributed by atoms with van der Waals surface area (Å²) in [6.07, 6.45) is 1.73. The zero-order valence-electron chi connectivity index (χ0n) is 22.7. The predicted octanol–water partition coefficient (Wildman–Crippen LogP) is 4.09. The summed E-state index contributed by atoms with van der Waals surface area (Å²) >= 11 is 6.89. The normalized spacial score (nSPS) is 14.6. The molecule has 0 N–H and O–H groups in total. The first-order chi connectivity index (χ1) is 19.7. The highest BCUT2D eigenvalue weighted by Crippen LogP contribution is 2.41. The van der Waals surface area contributed by atoms with Gasteiger partial charge >= 0.3 is 5.97 Å². The summed E-state index contributed by atoms with van der Waals surface area (Å²) in [5.74, 6) is 1.23. The first-order valence-corrected chi connectivity index (χ1v) is 14.9. The Bertz CT molecular complexity index is 1770. The second-order valence-electron chi connectivity index (χ2n) is 8.51. The zero-order chi connectivity index (χ0) is 29.8. The van der Waals surface area contributed by atoms with Gasteiger partial charge in [0.25, 0.3) is 5.56 Å². The number of hydrogen-bond donors (Lipinski definition) is 0. The minimum absolute atomic E-state index is 0.127. The van der Waals surface area contributed by atoms with Crippen molar-refractivity contribution in [1.29, 1.82) is 5.26 Å². The van der Waals surface area contributed by atoms with Crippen molar-refractivity contribution in [3.8, 4) is 29.1 Å². The van der Waals surface area contributed by atoms with Crippen molar-refractivity contribution < 1.29 is 28.5 Å². The Hall–Kier alpha value is -3.35. The van der Waals surface area contributed by atoms with Gasteiger partial charge in [-0.25, -0.2) is 9.79 Å². The monoisotopic (exact) mass is 753 g/mol. The van der Waals surface area contributed by atoms with E-state index in [0.717, 1.165) is 0 Å². The Morgan fingerprint density at radius 2 is 1.85 bits per heavy atom. The second-order valence-corrected chi connectivity index (χ2v) is 11.5. The van der Waals surface area contributed by atoms with Crippen molar-refractivity contribution in [2.45, 2.75) is 19.9 Å². The maximum atomic E-state index is 14.0. The summed E-state index contributed by atoms with van der Waals surface area (Å²) in [7, 11) is 4.54. The van der Waals surface area contributed by atoms with Crippen molar-refractivity contribution in [3.05, 3.63) is 74.4 Å². The van der Waals surface area contributed by atoms with Crippen molar-refractivity contribution in [1.82, 2.24) is 4.57 Å². The summed E-state index contributed by atoms with van der Waals surface area (Å²) in [5.41, 5.74) is 1.63. The van der Waals surface area contributed by atoms with Crippen LogP contribution in [0, 0.1) is 14.9 Å². The molecule has 214 valence electrons. The molecule has 2 heterocycles. The number of ether oxygens (including phenoxy) is 5. The Morgan fingerprint density at radius 1 is 1.17 bits per heavy atom. The molecule has 2 aromatic carbocycles. The second kappa shape index (κ2) is 13.1. The van der Waals surface area contributed by atoms with Gasteiger partial charge < -0.3 is 23.7 Å². The summed E-state index contributed by atoms with van der Waals surface area (Å²) in [5, 5.41) is 8.90. The van der Waals surface area contributed by atoms with Crippen LogP contribution in [0.1, 0.15) is 31.0 Å². The fraction of sp³-hybridized carbons (Fsp3) is 0.286. The van der Waals surface area contributed by atoms with Crippen LogP contribution < -0.4 is 33.8 Å². The number of halogens is 2. The van der Waals surface area contributed by atoms with Gasteiger partial charge in [0.05, 0.1) is 53.4 Å². The number of allylic oxidation sites excluding steroid dienone is 1. The van der Waals surface area contributed by atoms with E-state index in [1.807, 2.05) is 12.1 Å². The van der Waals surface area contributed by atoms with Gasteiger partial charge in [-0.1, -0.05) is 27.3 Å². The number of nitriles is 1. The first kappa shape index (κ1) is 30.6. The molecule has 0 bridgehead atoms. The van der Waals surface area contributed by atoms with Gasteiger partial charge in [-0.05, 0) is 77.9 Å². The number of aromatic nitrogens is 1. The van der Waals surface area contributed by atoms with Crippen LogP contribution in [0.25, 0.3) is 6.08 Å². The number of nitrogens with zero attached hydrogens (tertiary/aromatic N) is 3. The van der Waals surface area contributed by atoms with Crippen LogP contribution in [-0.2, 0) is 9.53 Å². The number of esters is 1. The predicted molar refractivity (Wildman–Crippen MR) is 164 cm³/mol. The van der Waals surface area contributed by atoms with E-state index in [4.69, 9.17) is 28.9 Å². The van der Waals surface area contributed by atoms with Gasteiger partial charge in [0, 0.05) is 4.47 Å². The molecule has 1 atom stereocenters. The zero-order valence-corrected chi connectivity index (χ0v) is 27.3. The molecule has 1 aliphatic heterocycles. The number of methoxy groups -OCH3 is 3. The molecule has 1 aliphatic rings. The number of fused-ring (bicyclic) bond motifs is 1. The lowest BCUT2D eigenvalue weighted by Gasteiger charge is -2.26. The molecule has 3 aromatic rings. The molecule has 10 nitrogen and oxygen atoms in total. The molecule has 4 rings (SSSR count). The number of thiazole rings is 1. The number of carbonyl (C=O) groups is 1. The molecule has 1 aromatic heterocycles. The number of rotatable bonds is 9. The van der Waals surface area contributed by atoms with Gasteiger partial charge in [-0.15, -0.1) is 0 Å². The molecular weight excluding hydrogens is 729 g/mol. The molecular formula is C28H25BrIN3O7S. The Kier molecular flexibility index (Phi) is 9.77. The van der Waals surface area contributed by atoms with Gasteiger partial charge in [0.1, 0.15) is 6.07 Å². The van der Waals surface area contributed by atoms with Crippen LogP contribution in [0.3, 0.4) is 0 Å². The smallest absolute Gasteiger partial charge is 0.338 e. The van der Waals surface area contributed by atoms with E-state index >= 15 is 0 Å². The molecule has 0 fully saturated rings. The van der Waals surface area contributed by atoms with E-state index in [9.17, 15) is 9.59 Å². The Balaban J connectivity index is 1.97. The summed E-state index contributed by atoms with van der Waals surface area (Å²) in [6.45, 7) is 3.47. The SMILES string of the molecule is CCOC(=O)C1=C(C)N=c2s/c(=C\c3cc(I)c(OCC#N)c(OC)c3)c(=O)n2[C@@H]1c1cc(OC)c(OC)cc1Br. The van der Waals surface area contributed by atoms with Crippen molar-refractivity contribution in [2.75, 3.05) is 34.5 Å². The van der Waals surface area contributed by atoms with Crippen LogP contribution in [0.2, 0.25) is 0 Å². The van der Waals surface area contributed by atoms with E-state index < -0.39 is 12.0 Å². The number of benzene rings is 2. The topological polar surface area (TPSA) is 121 Å². The fourth-order valence-electron chi connectivity index (χ4n) is 4.38. The van der Waals surface area contributed by atoms with E-state index in [2.05, 4.69) is 43.5 Å². The molecule has 0 spiro atoms. The van der Waals surface area contributed by atoms with Crippen LogP contribution in [0.5, 0.6) is 23.0 Å². The maximum Gasteiger partial charge on any atom is 0.338 e. The lowest BCUT2D eigenvalue weighted by atomic mass is 9.95. The highest BCUT2D eigenvalue weighted by atomic mass is 127. The van der Waals surface area contributed by atoms with Crippen LogP contribution in [0.15, 0.2) is 49.8 Å². The van der Waals surface area contributed by atoms with E-state index in [1.165, 1.54) is 37.2 Å². The lowest BCUT2D eigenvalue weighted by molar-refractivity contribution is -0.139. The molecule has 0 amide bonds. The van der Waals surface area contributed by atoms with E-state index in [0.29, 0.717) is 57.2 Å². The minimum atomic E-state index is -0.849. The first-order valence-electron chi connectivity index (χ1n) is 12.2. The average molecular weight is 754 g/mol. The molecule has 0 radical (unpaired) electrons. The molecule has 0 saturated heterocycles. The average Bonchev–Trinajstić information content (AvgIpc) is 3.25. The summed E-state index contributed by atoms with van der Waals surface area (Å²) in [4.78, 5) is 32.3. The van der Waals surface area contributed by atoms with Crippen molar-refractivity contribution >= 4 is 61.9 Å². The third-order valence-corrected chi connectivity index (χ3v) is 8.62. The summed E-state index contributed by atoms with van der Waals surface area (Å²) in [6, 6.07) is 8.11.